The smallest absolute Gasteiger partial charge is 0.261 e. The van der Waals surface area contributed by atoms with Crippen LogP contribution in [0.15, 0.2) is 42.7 Å². The van der Waals surface area contributed by atoms with Gasteiger partial charge in [-0.2, -0.15) is 0 Å². The highest BCUT2D eigenvalue weighted by atomic mass is 32.2. The summed E-state index contributed by atoms with van der Waals surface area (Å²) in [5.74, 6) is 0.392. The van der Waals surface area contributed by atoms with Crippen molar-refractivity contribution >= 4 is 27.4 Å². The molecule has 0 spiro atoms. The first-order valence-electron chi connectivity index (χ1n) is 7.57. The third kappa shape index (κ3) is 3.70. The van der Waals surface area contributed by atoms with E-state index in [1.807, 2.05) is 30.3 Å². The molecule has 0 saturated carbocycles. The second-order valence-corrected chi connectivity index (χ2v) is 7.97. The minimum Gasteiger partial charge on any atom is -0.350 e. The van der Waals surface area contributed by atoms with E-state index in [0.717, 1.165) is 5.69 Å². The lowest BCUT2D eigenvalue weighted by Crippen LogP contribution is -2.27. The van der Waals surface area contributed by atoms with Gasteiger partial charge >= 0.3 is 0 Å². The van der Waals surface area contributed by atoms with Gasteiger partial charge in [0.1, 0.15) is 0 Å². The van der Waals surface area contributed by atoms with Gasteiger partial charge in [0.05, 0.1) is 17.1 Å². The van der Waals surface area contributed by atoms with Gasteiger partial charge in [0.2, 0.25) is 5.95 Å². The molecule has 1 aliphatic rings. The minimum atomic E-state index is -2.96. The van der Waals surface area contributed by atoms with Gasteiger partial charge in [-0.1, -0.05) is 18.2 Å². The molecule has 24 heavy (non-hydrogen) atoms. The predicted molar refractivity (Wildman–Crippen MR) is 91.9 cm³/mol. The number of para-hydroxylation sites is 1. The van der Waals surface area contributed by atoms with Gasteiger partial charge in [-0.15, -0.1) is 0 Å². The van der Waals surface area contributed by atoms with Crippen LogP contribution in [0.25, 0.3) is 0 Å². The average Bonchev–Trinajstić information content (AvgIpc) is 2.93. The van der Waals surface area contributed by atoms with E-state index in [1.165, 1.54) is 17.3 Å². The van der Waals surface area contributed by atoms with Gasteiger partial charge in [-0.05, 0) is 18.6 Å². The molecule has 1 aromatic heterocycles. The van der Waals surface area contributed by atoms with Crippen LogP contribution in [0.3, 0.4) is 0 Å². The Kier molecular flexibility index (Phi) is 4.48. The third-order valence-corrected chi connectivity index (χ3v) is 5.68. The molecule has 1 saturated heterocycles. The van der Waals surface area contributed by atoms with Crippen molar-refractivity contribution in [3.8, 4) is 0 Å². The second-order valence-electron chi connectivity index (χ2n) is 5.74. The second kappa shape index (κ2) is 6.56. The molecule has 2 heterocycles. The Bertz CT molecular complexity index is 822. The van der Waals surface area contributed by atoms with Gasteiger partial charge < -0.3 is 10.2 Å². The maximum Gasteiger partial charge on any atom is 0.261 e. The number of amides is 1. The van der Waals surface area contributed by atoms with Crippen LogP contribution in [0.5, 0.6) is 0 Å². The van der Waals surface area contributed by atoms with Crippen molar-refractivity contribution in [2.45, 2.75) is 12.5 Å². The SMILES string of the molecule is CN(C(=O)c1cnc(NC2CCS(=O)(=O)C2)nc1)c1ccccc1. The van der Waals surface area contributed by atoms with Crippen molar-refractivity contribution in [1.82, 2.24) is 9.97 Å². The summed E-state index contributed by atoms with van der Waals surface area (Å²) in [5, 5.41) is 3.00. The number of carbonyl (C=O) groups is 1. The Morgan fingerprint density at radius 1 is 1.21 bits per heavy atom. The van der Waals surface area contributed by atoms with Crippen LogP contribution in [0.1, 0.15) is 16.8 Å². The largest absolute Gasteiger partial charge is 0.350 e. The van der Waals surface area contributed by atoms with Crippen LogP contribution in [-0.2, 0) is 9.84 Å². The standard InChI is InChI=1S/C16H18N4O3S/c1-20(14-5-3-2-4-6-14)15(21)12-9-17-16(18-10-12)19-13-7-8-24(22,23)11-13/h2-6,9-10,13H,7-8,11H2,1H3,(H,17,18,19). The maximum atomic E-state index is 12.4. The molecular formula is C16H18N4O3S. The van der Waals surface area contributed by atoms with Crippen molar-refractivity contribution in [3.05, 3.63) is 48.3 Å². The summed E-state index contributed by atoms with van der Waals surface area (Å²) >= 11 is 0. The minimum absolute atomic E-state index is 0.0911. The van der Waals surface area contributed by atoms with Crippen molar-refractivity contribution in [2.24, 2.45) is 0 Å². The van der Waals surface area contributed by atoms with E-state index in [0.29, 0.717) is 17.9 Å². The molecule has 7 nitrogen and oxygen atoms in total. The summed E-state index contributed by atoms with van der Waals surface area (Å²) in [5.41, 5.74) is 1.15. The highest BCUT2D eigenvalue weighted by Gasteiger charge is 2.28. The van der Waals surface area contributed by atoms with Crippen molar-refractivity contribution < 1.29 is 13.2 Å². The normalized spacial score (nSPS) is 19.0. The topological polar surface area (TPSA) is 92.3 Å². The first-order chi connectivity index (χ1) is 11.4. The zero-order chi connectivity index (χ0) is 17.2. The summed E-state index contributed by atoms with van der Waals surface area (Å²) in [7, 11) is -1.27. The lowest BCUT2D eigenvalue weighted by molar-refractivity contribution is 0.0992. The predicted octanol–water partition coefficient (Wildman–Crippen LogP) is 1.35. The van der Waals surface area contributed by atoms with E-state index in [2.05, 4.69) is 15.3 Å². The molecule has 0 radical (unpaired) electrons. The highest BCUT2D eigenvalue weighted by molar-refractivity contribution is 7.91. The lowest BCUT2D eigenvalue weighted by atomic mass is 10.2. The van der Waals surface area contributed by atoms with E-state index < -0.39 is 9.84 Å². The third-order valence-electron chi connectivity index (χ3n) is 3.91. The number of benzene rings is 1. The molecule has 2 aromatic rings. The molecule has 8 heteroatoms. The van der Waals surface area contributed by atoms with Crippen LogP contribution in [0.2, 0.25) is 0 Å². The molecule has 1 atom stereocenters. The number of rotatable bonds is 4. The van der Waals surface area contributed by atoms with Crippen molar-refractivity contribution in [1.29, 1.82) is 0 Å². The van der Waals surface area contributed by atoms with Gasteiger partial charge in [-0.3, -0.25) is 4.79 Å². The number of hydrogen-bond donors (Lipinski definition) is 1. The summed E-state index contributed by atoms with van der Waals surface area (Å²) in [6.45, 7) is 0. The van der Waals surface area contributed by atoms with Gasteiger partial charge in [-0.25, -0.2) is 18.4 Å². The summed E-state index contributed by atoms with van der Waals surface area (Å²) in [4.78, 5) is 22.2. The zero-order valence-electron chi connectivity index (χ0n) is 13.2. The number of nitrogens with one attached hydrogen (secondary N) is 1. The molecule has 126 valence electrons. The van der Waals surface area contributed by atoms with E-state index >= 15 is 0 Å². The quantitative estimate of drug-likeness (QED) is 0.898. The number of hydrogen-bond acceptors (Lipinski definition) is 6. The molecule has 0 bridgehead atoms. The van der Waals surface area contributed by atoms with E-state index in [1.54, 1.807) is 7.05 Å². The Morgan fingerprint density at radius 3 is 2.46 bits per heavy atom. The molecule has 1 fully saturated rings. The monoisotopic (exact) mass is 346 g/mol. The van der Waals surface area contributed by atoms with Gasteiger partial charge in [0, 0.05) is 31.2 Å². The van der Waals surface area contributed by atoms with Gasteiger partial charge in [0.25, 0.3) is 5.91 Å². The van der Waals surface area contributed by atoms with Crippen molar-refractivity contribution in [2.75, 3.05) is 28.8 Å². The Hall–Kier alpha value is -2.48. The average molecular weight is 346 g/mol. The van der Waals surface area contributed by atoms with Crippen LogP contribution in [0, 0.1) is 0 Å². The van der Waals surface area contributed by atoms with Crippen LogP contribution >= 0.6 is 0 Å². The van der Waals surface area contributed by atoms with E-state index in [-0.39, 0.29) is 23.5 Å². The van der Waals surface area contributed by atoms with Crippen LogP contribution in [-0.4, -0.2) is 48.9 Å². The first kappa shape index (κ1) is 16.4. The fourth-order valence-electron chi connectivity index (χ4n) is 2.57. The summed E-state index contributed by atoms with van der Waals surface area (Å²) in [6.07, 6.45) is 3.43. The molecular weight excluding hydrogens is 328 g/mol. The van der Waals surface area contributed by atoms with Crippen LogP contribution in [0.4, 0.5) is 11.6 Å². The Labute approximate surface area is 140 Å². The number of nitrogens with zero attached hydrogens (tertiary/aromatic N) is 3. The molecule has 0 aliphatic carbocycles. The fraction of sp³-hybridized carbons (Fsp3) is 0.312. The van der Waals surface area contributed by atoms with E-state index in [9.17, 15) is 13.2 Å². The number of sulfone groups is 1. The number of aromatic nitrogens is 2. The number of carbonyl (C=O) groups excluding carboxylic acids is 1. The molecule has 1 aliphatic heterocycles. The first-order valence-corrected chi connectivity index (χ1v) is 9.39. The fourth-order valence-corrected chi connectivity index (χ4v) is 4.24. The Balaban J connectivity index is 1.67. The Morgan fingerprint density at radius 2 is 1.88 bits per heavy atom. The van der Waals surface area contributed by atoms with Crippen molar-refractivity contribution in [3.63, 3.8) is 0 Å². The van der Waals surface area contributed by atoms with Gasteiger partial charge in [0.15, 0.2) is 9.84 Å². The molecule has 1 N–H and O–H groups in total. The summed E-state index contributed by atoms with van der Waals surface area (Å²) in [6, 6.07) is 9.11. The van der Waals surface area contributed by atoms with Crippen LogP contribution < -0.4 is 10.2 Å². The highest BCUT2D eigenvalue weighted by Crippen LogP contribution is 2.16. The molecule has 1 amide bonds. The van der Waals surface area contributed by atoms with E-state index in [4.69, 9.17) is 0 Å². The lowest BCUT2D eigenvalue weighted by Gasteiger charge is -2.17. The summed E-state index contributed by atoms with van der Waals surface area (Å²) < 4.78 is 22.9. The number of anilines is 2. The molecule has 1 unspecified atom stereocenters. The molecule has 3 rings (SSSR count). The zero-order valence-corrected chi connectivity index (χ0v) is 14.0. The molecule has 1 aromatic carbocycles. The maximum absolute atomic E-state index is 12.4.